The van der Waals surface area contributed by atoms with E-state index in [1.807, 2.05) is 31.2 Å². The van der Waals surface area contributed by atoms with Gasteiger partial charge in [0.25, 0.3) is 5.56 Å². The van der Waals surface area contributed by atoms with Crippen molar-refractivity contribution in [1.29, 1.82) is 0 Å². The van der Waals surface area contributed by atoms with Crippen molar-refractivity contribution in [3.8, 4) is 5.75 Å². The van der Waals surface area contributed by atoms with E-state index in [2.05, 4.69) is 15.0 Å². The second kappa shape index (κ2) is 11.4. The molecule has 1 atom stereocenters. The minimum absolute atomic E-state index is 0.281. The quantitative estimate of drug-likeness (QED) is 0.233. The molecule has 9 nitrogen and oxygen atoms in total. The standard InChI is InChI=1S/C28H26N4O5S2/c1-5-35-19-9-7-18(8-10-19)24-23(26(34)36-16(2)3)17(4)31-28-32(24)25(33)21(38-28)15-20-11-12-22(37-20)39-27-29-13-6-14-30-27/h6-16,24H,5H2,1-4H3/b21-15-/t24-/m1/s1. The van der Waals surface area contributed by atoms with Crippen molar-refractivity contribution >= 4 is 35.1 Å². The van der Waals surface area contributed by atoms with Gasteiger partial charge in [0.1, 0.15) is 11.5 Å². The van der Waals surface area contributed by atoms with Crippen LogP contribution >= 0.6 is 23.1 Å². The summed E-state index contributed by atoms with van der Waals surface area (Å²) in [7, 11) is 0. The number of carbonyl (C=O) groups is 1. The summed E-state index contributed by atoms with van der Waals surface area (Å²) in [6.07, 6.45) is 4.68. The number of fused-ring (bicyclic) bond motifs is 1. The molecule has 0 aliphatic carbocycles. The van der Waals surface area contributed by atoms with E-state index in [4.69, 9.17) is 13.9 Å². The van der Waals surface area contributed by atoms with Crippen LogP contribution in [0.4, 0.5) is 0 Å². The first-order chi connectivity index (χ1) is 18.8. The Morgan fingerprint density at radius 1 is 1.18 bits per heavy atom. The Balaban J connectivity index is 1.57. The van der Waals surface area contributed by atoms with Gasteiger partial charge in [-0.2, -0.15) is 0 Å². The molecule has 11 heteroatoms. The van der Waals surface area contributed by atoms with Crippen molar-refractivity contribution in [1.82, 2.24) is 14.5 Å². The summed E-state index contributed by atoms with van der Waals surface area (Å²) in [5, 5.41) is 1.16. The van der Waals surface area contributed by atoms with Crippen molar-refractivity contribution in [3.05, 3.63) is 97.1 Å². The van der Waals surface area contributed by atoms with Crippen LogP contribution in [0.3, 0.4) is 0 Å². The van der Waals surface area contributed by atoms with Gasteiger partial charge in [-0.3, -0.25) is 9.36 Å². The van der Waals surface area contributed by atoms with Gasteiger partial charge in [-0.05, 0) is 75.4 Å². The lowest BCUT2D eigenvalue weighted by atomic mass is 9.96. The number of aromatic nitrogens is 3. The topological polar surface area (TPSA) is 109 Å². The van der Waals surface area contributed by atoms with Crippen LogP contribution in [0, 0.1) is 0 Å². The van der Waals surface area contributed by atoms with Gasteiger partial charge in [-0.25, -0.2) is 19.8 Å². The summed E-state index contributed by atoms with van der Waals surface area (Å²) < 4.78 is 19.0. The predicted molar refractivity (Wildman–Crippen MR) is 147 cm³/mol. The molecule has 0 amide bonds. The molecular formula is C28H26N4O5S2. The Morgan fingerprint density at radius 3 is 2.62 bits per heavy atom. The van der Waals surface area contributed by atoms with E-state index in [1.54, 1.807) is 62.0 Å². The average Bonchev–Trinajstić information content (AvgIpc) is 3.47. The lowest BCUT2D eigenvalue weighted by molar-refractivity contribution is -0.143. The number of esters is 1. The van der Waals surface area contributed by atoms with E-state index in [0.29, 0.717) is 49.0 Å². The molecule has 0 bridgehead atoms. The molecule has 3 aromatic heterocycles. The molecule has 1 aliphatic heterocycles. The lowest BCUT2D eigenvalue weighted by Crippen LogP contribution is -2.40. The number of furan rings is 1. The first-order valence-electron chi connectivity index (χ1n) is 12.3. The average molecular weight is 563 g/mol. The molecule has 39 heavy (non-hydrogen) atoms. The fourth-order valence-electron chi connectivity index (χ4n) is 4.11. The summed E-state index contributed by atoms with van der Waals surface area (Å²) in [6, 6.07) is 12.0. The summed E-state index contributed by atoms with van der Waals surface area (Å²) in [6.45, 7) is 7.78. The zero-order valence-electron chi connectivity index (χ0n) is 21.8. The molecule has 1 aromatic carbocycles. The van der Waals surface area contributed by atoms with E-state index in [9.17, 15) is 9.59 Å². The van der Waals surface area contributed by atoms with Crippen LogP contribution in [-0.4, -0.2) is 33.2 Å². The fourth-order valence-corrected chi connectivity index (χ4v) is 5.82. The number of carbonyl (C=O) groups excluding carboxylic acids is 1. The Kier molecular flexibility index (Phi) is 7.80. The molecule has 5 rings (SSSR count). The highest BCUT2D eigenvalue weighted by Crippen LogP contribution is 2.32. The first-order valence-corrected chi connectivity index (χ1v) is 14.0. The van der Waals surface area contributed by atoms with Gasteiger partial charge in [0.15, 0.2) is 15.1 Å². The third-order valence-electron chi connectivity index (χ3n) is 5.70. The third kappa shape index (κ3) is 5.74. The van der Waals surface area contributed by atoms with E-state index in [-0.39, 0.29) is 11.7 Å². The van der Waals surface area contributed by atoms with Gasteiger partial charge in [0, 0.05) is 18.5 Å². The van der Waals surface area contributed by atoms with Crippen molar-refractivity contribution in [2.45, 2.75) is 50.1 Å². The summed E-state index contributed by atoms with van der Waals surface area (Å²) in [5.41, 5.74) is 1.30. The number of hydrogen-bond donors (Lipinski definition) is 0. The predicted octanol–water partition coefficient (Wildman–Crippen LogP) is 4.12. The number of ether oxygens (including phenoxy) is 2. The summed E-state index contributed by atoms with van der Waals surface area (Å²) in [5.74, 6) is 0.703. The van der Waals surface area contributed by atoms with Gasteiger partial charge in [0.05, 0.1) is 34.6 Å². The van der Waals surface area contributed by atoms with E-state index in [0.717, 1.165) is 5.56 Å². The van der Waals surface area contributed by atoms with Gasteiger partial charge in [0.2, 0.25) is 0 Å². The molecule has 0 N–H and O–H groups in total. The SMILES string of the molecule is CCOc1ccc([C@@H]2C(C(=O)OC(C)C)=C(C)N=c3s/c(=C\c4ccc(Sc5ncccn5)o4)c(=O)n32)cc1. The van der Waals surface area contributed by atoms with Crippen LogP contribution in [0.1, 0.15) is 45.1 Å². The van der Waals surface area contributed by atoms with Crippen LogP contribution in [0.2, 0.25) is 0 Å². The molecule has 4 aromatic rings. The Labute approximate surface area is 232 Å². The van der Waals surface area contributed by atoms with Crippen LogP contribution in [0.15, 0.2) is 90.6 Å². The van der Waals surface area contributed by atoms with E-state index >= 15 is 0 Å². The maximum atomic E-state index is 13.8. The van der Waals surface area contributed by atoms with Crippen molar-refractivity contribution in [3.63, 3.8) is 0 Å². The summed E-state index contributed by atoms with van der Waals surface area (Å²) >= 11 is 2.52. The van der Waals surface area contributed by atoms with Crippen molar-refractivity contribution in [2.75, 3.05) is 6.61 Å². The molecule has 0 radical (unpaired) electrons. The highest BCUT2D eigenvalue weighted by molar-refractivity contribution is 7.99. The molecule has 0 saturated carbocycles. The number of rotatable bonds is 8. The molecule has 0 unspecified atom stereocenters. The molecule has 200 valence electrons. The minimum Gasteiger partial charge on any atom is -0.494 e. The maximum Gasteiger partial charge on any atom is 0.338 e. The monoisotopic (exact) mass is 562 g/mol. The number of allylic oxidation sites excluding steroid dienone is 1. The molecular weight excluding hydrogens is 536 g/mol. The van der Waals surface area contributed by atoms with Crippen LogP contribution in [-0.2, 0) is 9.53 Å². The van der Waals surface area contributed by atoms with Crippen LogP contribution in [0.25, 0.3) is 6.08 Å². The molecule has 1 aliphatic rings. The lowest BCUT2D eigenvalue weighted by Gasteiger charge is -2.25. The number of nitrogens with zero attached hydrogens (tertiary/aromatic N) is 4. The zero-order valence-corrected chi connectivity index (χ0v) is 23.4. The Hall–Kier alpha value is -3.96. The minimum atomic E-state index is -0.705. The van der Waals surface area contributed by atoms with Crippen molar-refractivity contribution in [2.24, 2.45) is 4.99 Å². The largest absolute Gasteiger partial charge is 0.494 e. The van der Waals surface area contributed by atoms with Gasteiger partial charge in [-0.15, -0.1) is 0 Å². The third-order valence-corrected chi connectivity index (χ3v) is 7.50. The number of benzene rings is 1. The van der Waals surface area contributed by atoms with Gasteiger partial charge >= 0.3 is 5.97 Å². The van der Waals surface area contributed by atoms with E-state index < -0.39 is 12.0 Å². The fraction of sp³-hybridized carbons (Fsp3) is 0.250. The van der Waals surface area contributed by atoms with E-state index in [1.165, 1.54) is 23.1 Å². The highest BCUT2D eigenvalue weighted by Gasteiger charge is 2.33. The second-order valence-corrected chi connectivity index (χ2v) is 10.8. The van der Waals surface area contributed by atoms with Crippen LogP contribution < -0.4 is 19.6 Å². The molecule has 0 fully saturated rings. The van der Waals surface area contributed by atoms with Gasteiger partial charge in [-0.1, -0.05) is 23.5 Å². The summed E-state index contributed by atoms with van der Waals surface area (Å²) in [4.78, 5) is 40.5. The smallest absolute Gasteiger partial charge is 0.338 e. The molecule has 4 heterocycles. The normalized spacial score (nSPS) is 15.3. The second-order valence-electron chi connectivity index (χ2n) is 8.83. The Morgan fingerprint density at radius 2 is 1.92 bits per heavy atom. The highest BCUT2D eigenvalue weighted by atomic mass is 32.2. The molecule has 0 spiro atoms. The first kappa shape index (κ1) is 26.6. The Bertz CT molecular complexity index is 1700. The number of thiazole rings is 1. The maximum absolute atomic E-state index is 13.8. The van der Waals surface area contributed by atoms with Crippen molar-refractivity contribution < 1.29 is 18.7 Å². The van der Waals surface area contributed by atoms with Gasteiger partial charge < -0.3 is 13.9 Å². The van der Waals surface area contributed by atoms with Crippen LogP contribution in [0.5, 0.6) is 5.75 Å². The number of hydrogen-bond acceptors (Lipinski definition) is 10. The zero-order chi connectivity index (χ0) is 27.5. The molecule has 0 saturated heterocycles.